The molecule has 0 aliphatic carbocycles. The van der Waals surface area contributed by atoms with Crippen molar-refractivity contribution < 1.29 is 23.1 Å². The Bertz CT molecular complexity index is 972. The lowest BCUT2D eigenvalue weighted by Gasteiger charge is -2.17. The van der Waals surface area contributed by atoms with E-state index in [0.717, 1.165) is 5.56 Å². The second-order valence-electron chi connectivity index (χ2n) is 6.33. The molecule has 1 aliphatic heterocycles. The van der Waals surface area contributed by atoms with Crippen LogP contribution in [0.3, 0.4) is 0 Å². The van der Waals surface area contributed by atoms with E-state index in [-0.39, 0.29) is 30.2 Å². The molecule has 1 fully saturated rings. The van der Waals surface area contributed by atoms with Crippen LogP contribution in [0.4, 0.5) is 5.69 Å². The largest absolute Gasteiger partial charge is 0.478 e. The number of carbonyl (C=O) groups excluding carboxylic acids is 1. The van der Waals surface area contributed by atoms with E-state index in [1.54, 1.807) is 42.5 Å². The van der Waals surface area contributed by atoms with E-state index in [0.29, 0.717) is 24.2 Å². The van der Waals surface area contributed by atoms with Crippen molar-refractivity contribution in [1.82, 2.24) is 5.32 Å². The van der Waals surface area contributed by atoms with Crippen LogP contribution in [0.5, 0.6) is 0 Å². The lowest BCUT2D eigenvalue weighted by atomic mass is 10.0. The van der Waals surface area contributed by atoms with Gasteiger partial charge in [0.15, 0.2) is 0 Å². The predicted molar refractivity (Wildman–Crippen MR) is 101 cm³/mol. The van der Waals surface area contributed by atoms with E-state index in [2.05, 4.69) is 5.32 Å². The van der Waals surface area contributed by atoms with Crippen molar-refractivity contribution in [3.8, 4) is 0 Å². The quantitative estimate of drug-likeness (QED) is 0.785. The van der Waals surface area contributed by atoms with Crippen LogP contribution in [-0.2, 0) is 27.8 Å². The molecular formula is C19H20N2O5S. The molecule has 0 bridgehead atoms. The maximum atomic E-state index is 12.2. The number of aromatic carboxylic acids is 1. The summed E-state index contributed by atoms with van der Waals surface area (Å²) in [6.07, 6.45) is 0.564. The SMILES string of the molecule is O=C(Cc1ccccc1C(=O)O)NCc1cccc(N2CCCS2(=O)=O)c1. The molecule has 1 heterocycles. The summed E-state index contributed by atoms with van der Waals surface area (Å²) in [5, 5.41) is 11.9. The second-order valence-corrected chi connectivity index (χ2v) is 8.34. The number of hydrogen-bond acceptors (Lipinski definition) is 4. The Labute approximate surface area is 157 Å². The molecule has 3 rings (SSSR count). The Morgan fingerprint density at radius 2 is 1.89 bits per heavy atom. The van der Waals surface area contributed by atoms with Crippen LogP contribution in [0.1, 0.15) is 27.9 Å². The van der Waals surface area contributed by atoms with Crippen molar-refractivity contribution in [2.75, 3.05) is 16.6 Å². The van der Waals surface area contributed by atoms with Crippen molar-refractivity contribution in [3.63, 3.8) is 0 Å². The second kappa shape index (κ2) is 7.79. The van der Waals surface area contributed by atoms with Gasteiger partial charge < -0.3 is 10.4 Å². The molecule has 7 nitrogen and oxygen atoms in total. The number of carboxylic acids is 1. The molecule has 8 heteroatoms. The summed E-state index contributed by atoms with van der Waals surface area (Å²) < 4.78 is 25.5. The first-order valence-electron chi connectivity index (χ1n) is 8.54. The zero-order valence-electron chi connectivity index (χ0n) is 14.6. The van der Waals surface area contributed by atoms with Gasteiger partial charge in [-0.05, 0) is 35.7 Å². The van der Waals surface area contributed by atoms with Crippen molar-refractivity contribution in [3.05, 3.63) is 65.2 Å². The maximum Gasteiger partial charge on any atom is 0.335 e. The third-order valence-corrected chi connectivity index (χ3v) is 6.26. The van der Waals surface area contributed by atoms with Gasteiger partial charge in [-0.15, -0.1) is 0 Å². The van der Waals surface area contributed by atoms with Crippen LogP contribution in [-0.4, -0.2) is 37.7 Å². The lowest BCUT2D eigenvalue weighted by Crippen LogP contribution is -2.26. The van der Waals surface area contributed by atoms with Crippen molar-refractivity contribution >= 4 is 27.6 Å². The number of hydrogen-bond donors (Lipinski definition) is 2. The third kappa shape index (κ3) is 4.46. The number of amides is 1. The van der Waals surface area contributed by atoms with Crippen molar-refractivity contribution in [2.45, 2.75) is 19.4 Å². The summed E-state index contributed by atoms with van der Waals surface area (Å²) in [6, 6.07) is 13.4. The average Bonchev–Trinajstić information content (AvgIpc) is 2.99. The summed E-state index contributed by atoms with van der Waals surface area (Å²) in [5.41, 5.74) is 1.92. The monoisotopic (exact) mass is 388 g/mol. The number of rotatable bonds is 6. The molecule has 0 unspecified atom stereocenters. The van der Waals surface area contributed by atoms with Gasteiger partial charge in [0.05, 0.1) is 23.4 Å². The fourth-order valence-electron chi connectivity index (χ4n) is 3.07. The molecule has 1 aliphatic rings. The number of nitrogens with one attached hydrogen (secondary N) is 1. The Balaban J connectivity index is 1.65. The zero-order valence-corrected chi connectivity index (χ0v) is 15.4. The van der Waals surface area contributed by atoms with E-state index in [4.69, 9.17) is 0 Å². The van der Waals surface area contributed by atoms with Gasteiger partial charge in [-0.1, -0.05) is 30.3 Å². The molecule has 0 atom stereocenters. The predicted octanol–water partition coefficient (Wildman–Crippen LogP) is 1.78. The van der Waals surface area contributed by atoms with Crippen LogP contribution < -0.4 is 9.62 Å². The van der Waals surface area contributed by atoms with Crippen LogP contribution in [0.25, 0.3) is 0 Å². The first kappa shape index (κ1) is 18.9. The summed E-state index contributed by atoms with van der Waals surface area (Å²) in [5.74, 6) is -1.22. The third-order valence-electron chi connectivity index (χ3n) is 4.39. The molecule has 2 aromatic rings. The molecule has 0 radical (unpaired) electrons. The van der Waals surface area contributed by atoms with Crippen LogP contribution >= 0.6 is 0 Å². The highest BCUT2D eigenvalue weighted by Crippen LogP contribution is 2.24. The molecule has 2 aromatic carbocycles. The van der Waals surface area contributed by atoms with E-state index in [1.807, 2.05) is 0 Å². The first-order valence-corrected chi connectivity index (χ1v) is 10.1. The summed E-state index contributed by atoms with van der Waals surface area (Å²) >= 11 is 0. The smallest absolute Gasteiger partial charge is 0.335 e. The highest BCUT2D eigenvalue weighted by molar-refractivity contribution is 7.93. The van der Waals surface area contributed by atoms with Gasteiger partial charge >= 0.3 is 5.97 Å². The average molecular weight is 388 g/mol. The van der Waals surface area contributed by atoms with Crippen LogP contribution in [0, 0.1) is 0 Å². The highest BCUT2D eigenvalue weighted by Gasteiger charge is 2.28. The number of carbonyl (C=O) groups is 2. The summed E-state index contributed by atoms with van der Waals surface area (Å²) in [4.78, 5) is 23.4. The van der Waals surface area contributed by atoms with E-state index < -0.39 is 16.0 Å². The standard InChI is InChI=1S/C19H20N2O5S/c22-18(12-15-6-1-2-8-17(15)19(23)24)20-13-14-5-3-7-16(11-14)21-9-4-10-27(21,25)26/h1-3,5-8,11H,4,9-10,12-13H2,(H,20,22)(H,23,24). The maximum absolute atomic E-state index is 12.2. The minimum Gasteiger partial charge on any atom is -0.478 e. The fraction of sp³-hybridized carbons (Fsp3) is 0.263. The van der Waals surface area contributed by atoms with Gasteiger partial charge in [0, 0.05) is 13.1 Å². The highest BCUT2D eigenvalue weighted by atomic mass is 32.2. The lowest BCUT2D eigenvalue weighted by molar-refractivity contribution is -0.120. The van der Waals surface area contributed by atoms with Gasteiger partial charge in [-0.3, -0.25) is 9.10 Å². The molecule has 1 amide bonds. The minimum atomic E-state index is -3.25. The van der Waals surface area contributed by atoms with Crippen molar-refractivity contribution in [2.24, 2.45) is 0 Å². The Morgan fingerprint density at radius 1 is 1.11 bits per heavy atom. The van der Waals surface area contributed by atoms with E-state index in [1.165, 1.54) is 10.4 Å². The number of sulfonamides is 1. The van der Waals surface area contributed by atoms with Gasteiger partial charge in [0.25, 0.3) is 0 Å². The Morgan fingerprint density at radius 3 is 2.59 bits per heavy atom. The summed E-state index contributed by atoms with van der Waals surface area (Å²) in [6.45, 7) is 0.694. The van der Waals surface area contributed by atoms with Gasteiger partial charge in [0.2, 0.25) is 15.9 Å². The minimum absolute atomic E-state index is 0.0390. The number of anilines is 1. The Kier molecular flexibility index (Phi) is 5.46. The first-order chi connectivity index (χ1) is 12.9. The number of nitrogens with zero attached hydrogens (tertiary/aromatic N) is 1. The van der Waals surface area contributed by atoms with Gasteiger partial charge in [-0.25, -0.2) is 13.2 Å². The number of benzene rings is 2. The Hall–Kier alpha value is -2.87. The van der Waals surface area contributed by atoms with Gasteiger partial charge in [-0.2, -0.15) is 0 Å². The van der Waals surface area contributed by atoms with Gasteiger partial charge in [0.1, 0.15) is 0 Å². The van der Waals surface area contributed by atoms with Crippen LogP contribution in [0.15, 0.2) is 48.5 Å². The molecular weight excluding hydrogens is 368 g/mol. The molecule has 1 saturated heterocycles. The normalized spacial score (nSPS) is 15.5. The summed E-state index contributed by atoms with van der Waals surface area (Å²) in [7, 11) is -3.25. The molecule has 142 valence electrons. The molecule has 0 aromatic heterocycles. The topological polar surface area (TPSA) is 104 Å². The number of carboxylic acid groups (broad SMARTS) is 1. The zero-order chi connectivity index (χ0) is 19.4. The fourth-order valence-corrected chi connectivity index (χ4v) is 4.63. The molecule has 2 N–H and O–H groups in total. The van der Waals surface area contributed by atoms with E-state index >= 15 is 0 Å². The van der Waals surface area contributed by atoms with Crippen molar-refractivity contribution in [1.29, 1.82) is 0 Å². The molecule has 0 spiro atoms. The van der Waals surface area contributed by atoms with E-state index in [9.17, 15) is 23.1 Å². The molecule has 0 saturated carbocycles. The molecule has 27 heavy (non-hydrogen) atoms. The van der Waals surface area contributed by atoms with Crippen LogP contribution in [0.2, 0.25) is 0 Å².